The van der Waals surface area contributed by atoms with Crippen molar-refractivity contribution in [1.29, 1.82) is 0 Å². The minimum Gasteiger partial charge on any atom is -0.457 e. The quantitative estimate of drug-likeness (QED) is 0.178. The fourth-order valence-corrected chi connectivity index (χ4v) is 7.10. The predicted octanol–water partition coefficient (Wildman–Crippen LogP) is 8.64. The largest absolute Gasteiger partial charge is 0.457 e. The number of ether oxygens (including phenoxy) is 2. The first-order valence-electron chi connectivity index (χ1n) is 15.4. The van der Waals surface area contributed by atoms with Crippen LogP contribution in [0.5, 0.6) is 23.0 Å². The van der Waals surface area contributed by atoms with E-state index in [1.165, 1.54) is 24.3 Å². The van der Waals surface area contributed by atoms with E-state index in [0.29, 0.717) is 13.1 Å². The van der Waals surface area contributed by atoms with Gasteiger partial charge in [-0.2, -0.15) is 0 Å². The number of fused-ring (bicyclic) bond motifs is 4. The Bertz CT molecular complexity index is 1800. The molecule has 0 amide bonds. The summed E-state index contributed by atoms with van der Waals surface area (Å²) in [6, 6.07) is 45.2. The van der Waals surface area contributed by atoms with Crippen molar-refractivity contribution < 1.29 is 18.3 Å². The molecule has 0 aromatic heterocycles. The summed E-state index contributed by atoms with van der Waals surface area (Å²) in [7, 11) is 0. The highest BCUT2D eigenvalue weighted by molar-refractivity contribution is 5.64. The van der Waals surface area contributed by atoms with E-state index in [1.54, 1.807) is 0 Å². The molecule has 2 heterocycles. The van der Waals surface area contributed by atoms with E-state index in [2.05, 4.69) is 34.9 Å². The van der Waals surface area contributed by atoms with E-state index in [0.717, 1.165) is 56.4 Å². The van der Waals surface area contributed by atoms with Crippen LogP contribution in [0.3, 0.4) is 0 Å². The van der Waals surface area contributed by atoms with Gasteiger partial charge in [0.2, 0.25) is 0 Å². The third-order valence-electron chi connectivity index (χ3n) is 9.06. The van der Waals surface area contributed by atoms with Crippen LogP contribution in [0.2, 0.25) is 0 Å². The fraction of sp³-hybridized carbons (Fsp3) is 0.100. The Labute approximate surface area is 266 Å². The molecule has 0 bridgehead atoms. The summed E-state index contributed by atoms with van der Waals surface area (Å²) < 4.78 is 41.3. The van der Waals surface area contributed by atoms with Crippen LogP contribution >= 0.6 is 0 Å². The molecule has 2 N–H and O–H groups in total. The zero-order valence-electron chi connectivity index (χ0n) is 24.8. The van der Waals surface area contributed by atoms with Crippen LogP contribution in [0.15, 0.2) is 146 Å². The van der Waals surface area contributed by atoms with Crippen LogP contribution in [0.4, 0.5) is 8.78 Å². The second kappa shape index (κ2) is 11.2. The molecule has 226 valence electrons. The molecule has 4 nitrogen and oxygen atoms in total. The summed E-state index contributed by atoms with van der Waals surface area (Å²) >= 11 is 0. The summed E-state index contributed by atoms with van der Waals surface area (Å²) in [4.78, 5) is 0. The lowest BCUT2D eigenvalue weighted by Gasteiger charge is -2.43. The third kappa shape index (κ3) is 4.41. The van der Waals surface area contributed by atoms with Crippen molar-refractivity contribution >= 4 is 0 Å². The van der Waals surface area contributed by atoms with Crippen LogP contribution in [0.25, 0.3) is 0 Å². The highest BCUT2D eigenvalue weighted by atomic mass is 19.1. The molecule has 6 heteroatoms. The molecule has 8 rings (SSSR count). The Hall–Kier alpha value is -5.30. The average Bonchev–Trinajstić information content (AvgIpc) is 3.10. The number of hydrogen-bond donors (Lipinski definition) is 2. The first-order chi connectivity index (χ1) is 22.6. The van der Waals surface area contributed by atoms with Gasteiger partial charge in [-0.15, -0.1) is 0 Å². The molecule has 0 saturated carbocycles. The standard InChI is InChI=1S/C40H30F2N2O2/c41-29-21-17-27(18-22-29)39(31-9-1-5-13-35(31)45-36-14-6-2-10-32(36)39)43-25-26-44-40(28-19-23-30(42)24-20-28)33-11-3-7-15-37(33)46-38-16-8-4-12-34(38)40/h1-24,43-44H,25-26H2. The van der Waals surface area contributed by atoms with E-state index in [9.17, 15) is 8.78 Å². The predicted molar refractivity (Wildman–Crippen MR) is 174 cm³/mol. The first kappa shape index (κ1) is 28.2. The molecule has 46 heavy (non-hydrogen) atoms. The average molecular weight is 609 g/mol. The van der Waals surface area contributed by atoms with Crippen molar-refractivity contribution in [3.63, 3.8) is 0 Å². The first-order valence-corrected chi connectivity index (χ1v) is 15.4. The van der Waals surface area contributed by atoms with Crippen LogP contribution in [-0.4, -0.2) is 13.1 Å². The Balaban J connectivity index is 1.23. The van der Waals surface area contributed by atoms with Crippen molar-refractivity contribution in [2.45, 2.75) is 11.1 Å². The Morgan fingerprint density at radius 3 is 0.978 bits per heavy atom. The molecule has 6 aromatic rings. The molecule has 0 aliphatic carbocycles. The normalized spacial score (nSPS) is 14.9. The van der Waals surface area contributed by atoms with Crippen molar-refractivity contribution in [3.8, 4) is 23.0 Å². The van der Waals surface area contributed by atoms with E-state index < -0.39 is 11.1 Å². The maximum atomic E-state index is 14.3. The number of para-hydroxylation sites is 4. The topological polar surface area (TPSA) is 42.5 Å². The van der Waals surface area contributed by atoms with Gasteiger partial charge in [-0.1, -0.05) is 97.1 Å². The molecule has 0 saturated heterocycles. The lowest BCUT2D eigenvalue weighted by atomic mass is 9.74. The highest BCUT2D eigenvalue weighted by Gasteiger charge is 2.45. The SMILES string of the molecule is Fc1ccc(C2(NCCNC3(c4ccc(F)cc4)c4ccccc4Oc4ccccc43)c3ccccc3Oc3ccccc32)cc1. The van der Waals surface area contributed by atoms with Gasteiger partial charge in [-0.05, 0) is 59.7 Å². The van der Waals surface area contributed by atoms with Crippen molar-refractivity contribution in [1.82, 2.24) is 10.6 Å². The van der Waals surface area contributed by atoms with Gasteiger partial charge in [0.15, 0.2) is 0 Å². The smallest absolute Gasteiger partial charge is 0.133 e. The summed E-state index contributed by atoms with van der Waals surface area (Å²) in [6.07, 6.45) is 0. The van der Waals surface area contributed by atoms with Crippen LogP contribution in [0, 0.1) is 11.6 Å². The second-order valence-corrected chi connectivity index (χ2v) is 11.6. The molecule has 0 atom stereocenters. The number of benzene rings is 6. The summed E-state index contributed by atoms with van der Waals surface area (Å²) in [5.74, 6) is 2.35. The Morgan fingerprint density at radius 1 is 0.391 bits per heavy atom. The minimum absolute atomic E-state index is 0.299. The van der Waals surface area contributed by atoms with E-state index >= 15 is 0 Å². The molecular weight excluding hydrogens is 578 g/mol. The monoisotopic (exact) mass is 608 g/mol. The van der Waals surface area contributed by atoms with Crippen molar-refractivity contribution in [3.05, 3.63) is 191 Å². The molecule has 6 aromatic carbocycles. The van der Waals surface area contributed by atoms with E-state index in [4.69, 9.17) is 9.47 Å². The fourth-order valence-electron chi connectivity index (χ4n) is 7.10. The van der Waals surface area contributed by atoms with Crippen LogP contribution < -0.4 is 20.1 Å². The third-order valence-corrected chi connectivity index (χ3v) is 9.06. The molecule has 0 spiro atoms. The zero-order valence-corrected chi connectivity index (χ0v) is 24.8. The van der Waals surface area contributed by atoms with Gasteiger partial charge in [-0.25, -0.2) is 8.78 Å². The van der Waals surface area contributed by atoms with Crippen LogP contribution in [-0.2, 0) is 11.1 Å². The lowest BCUT2D eigenvalue weighted by Crippen LogP contribution is -2.52. The summed E-state index contributed by atoms with van der Waals surface area (Å²) in [6.45, 7) is 1.02. The molecule has 2 aliphatic heterocycles. The maximum absolute atomic E-state index is 14.3. The summed E-state index contributed by atoms with van der Waals surface area (Å²) in [5, 5.41) is 7.78. The van der Waals surface area contributed by atoms with E-state index in [-0.39, 0.29) is 11.6 Å². The van der Waals surface area contributed by atoms with Gasteiger partial charge in [-0.3, -0.25) is 10.6 Å². The Kier molecular flexibility index (Phi) is 6.89. The zero-order chi connectivity index (χ0) is 31.1. The van der Waals surface area contributed by atoms with Gasteiger partial charge < -0.3 is 9.47 Å². The molecule has 0 unspecified atom stereocenters. The van der Waals surface area contributed by atoms with Gasteiger partial charge in [0.25, 0.3) is 0 Å². The lowest BCUT2D eigenvalue weighted by molar-refractivity contribution is 0.353. The molecule has 0 radical (unpaired) electrons. The van der Waals surface area contributed by atoms with Crippen molar-refractivity contribution in [2.75, 3.05) is 13.1 Å². The Morgan fingerprint density at radius 2 is 0.674 bits per heavy atom. The van der Waals surface area contributed by atoms with Gasteiger partial charge in [0.1, 0.15) is 45.7 Å². The number of hydrogen-bond acceptors (Lipinski definition) is 4. The number of rotatable bonds is 7. The van der Waals surface area contributed by atoms with E-state index in [1.807, 2.05) is 97.1 Å². The molecule has 2 aliphatic rings. The highest BCUT2D eigenvalue weighted by Crippen LogP contribution is 2.51. The van der Waals surface area contributed by atoms with Gasteiger partial charge in [0, 0.05) is 35.3 Å². The molecule has 0 fully saturated rings. The minimum atomic E-state index is -0.824. The van der Waals surface area contributed by atoms with Crippen molar-refractivity contribution in [2.24, 2.45) is 0 Å². The van der Waals surface area contributed by atoms with Gasteiger partial charge >= 0.3 is 0 Å². The maximum Gasteiger partial charge on any atom is 0.133 e. The van der Waals surface area contributed by atoms with Gasteiger partial charge in [0.05, 0.1) is 0 Å². The molecular formula is C40H30F2N2O2. The van der Waals surface area contributed by atoms with Crippen LogP contribution in [0.1, 0.15) is 33.4 Å². The summed E-state index contributed by atoms with van der Waals surface area (Å²) in [5.41, 5.74) is 3.90. The second-order valence-electron chi connectivity index (χ2n) is 11.6. The number of halogens is 2. The number of nitrogens with one attached hydrogen (secondary N) is 2.